The fraction of sp³-hybridized carbons (Fsp3) is 1.00. The molecule has 1 fully saturated rings. The van der Waals surface area contributed by atoms with Gasteiger partial charge in [0.05, 0.1) is 0 Å². The number of epoxide rings is 1. The van der Waals surface area contributed by atoms with Crippen LogP contribution in [0, 0.1) is 0 Å². The summed E-state index contributed by atoms with van der Waals surface area (Å²) in [5, 5.41) is 0. The molecule has 0 amide bonds. The van der Waals surface area contributed by atoms with Gasteiger partial charge in [-0.05, 0) is 0 Å². The first-order valence-corrected chi connectivity index (χ1v) is 29.2. The van der Waals surface area contributed by atoms with Gasteiger partial charge in [-0.2, -0.15) is 0 Å². The van der Waals surface area contributed by atoms with E-state index in [2.05, 4.69) is 41.5 Å². The Morgan fingerprint density at radius 2 is 0.621 bits per heavy atom. The number of unbranched alkanes of at least 4 members (excludes halogenated alkanes) is 6. The molecule has 0 radical (unpaired) electrons. The van der Waals surface area contributed by atoms with E-state index in [1.54, 1.807) is 26.6 Å². The predicted molar refractivity (Wildman–Crippen MR) is 138 cm³/mol. The van der Waals surface area contributed by atoms with Crippen molar-refractivity contribution in [3.63, 3.8) is 0 Å². The minimum atomic E-state index is -2.21. The van der Waals surface area contributed by atoms with Crippen LogP contribution < -0.4 is 0 Å². The molecular formula is C26H56OSn2. The van der Waals surface area contributed by atoms with Crippen LogP contribution in [0.15, 0.2) is 0 Å². The summed E-state index contributed by atoms with van der Waals surface area (Å²) in [4.78, 5) is 0. The molecule has 1 aliphatic heterocycles. The van der Waals surface area contributed by atoms with Gasteiger partial charge in [0.15, 0.2) is 0 Å². The Morgan fingerprint density at radius 1 is 0.414 bits per heavy atom. The normalized spacial score (nSPS) is 19.7. The van der Waals surface area contributed by atoms with Crippen LogP contribution in [0.2, 0.25) is 26.6 Å². The van der Waals surface area contributed by atoms with Crippen LogP contribution in [-0.2, 0) is 4.74 Å². The second kappa shape index (κ2) is 16.2. The molecule has 0 spiro atoms. The monoisotopic (exact) mass is 624 g/mol. The second-order valence-electron chi connectivity index (χ2n) is 10.3. The summed E-state index contributed by atoms with van der Waals surface area (Å²) in [6, 6.07) is 0. The van der Waals surface area contributed by atoms with Gasteiger partial charge in [0.2, 0.25) is 0 Å². The Labute approximate surface area is 193 Å². The molecule has 1 heterocycles. The van der Waals surface area contributed by atoms with Gasteiger partial charge >= 0.3 is 195 Å². The van der Waals surface area contributed by atoms with E-state index in [1.165, 1.54) is 77.0 Å². The van der Waals surface area contributed by atoms with Crippen LogP contribution >= 0.6 is 0 Å². The number of rotatable bonds is 20. The van der Waals surface area contributed by atoms with Crippen LogP contribution in [0.5, 0.6) is 0 Å². The van der Waals surface area contributed by atoms with Crippen molar-refractivity contribution in [2.45, 2.75) is 153 Å². The first kappa shape index (κ1) is 28.6. The van der Waals surface area contributed by atoms with E-state index >= 15 is 0 Å². The SMILES string of the molecule is CCC[CH2][Sn]([CH2]CCC)([CH2]CCC)[C@@H]1O[C@@H]1[Sn]([CH2]CCC)([CH2]CCC)[CH2]CCC. The quantitative estimate of drug-likeness (QED) is 0.0974. The Balaban J connectivity index is 3.11. The van der Waals surface area contributed by atoms with Gasteiger partial charge in [-0.25, -0.2) is 0 Å². The Hall–Kier alpha value is 1.56. The molecule has 29 heavy (non-hydrogen) atoms. The summed E-state index contributed by atoms with van der Waals surface area (Å²) in [7, 11) is 0. The van der Waals surface area contributed by atoms with Crippen molar-refractivity contribution in [1.82, 2.24) is 0 Å². The van der Waals surface area contributed by atoms with Crippen LogP contribution in [0.3, 0.4) is 0 Å². The second-order valence-corrected chi connectivity index (χ2v) is 37.7. The van der Waals surface area contributed by atoms with Crippen molar-refractivity contribution in [2.24, 2.45) is 0 Å². The molecular weight excluding hydrogens is 566 g/mol. The van der Waals surface area contributed by atoms with Crippen LogP contribution in [0.4, 0.5) is 0 Å². The molecule has 0 aromatic rings. The Bertz CT molecular complexity index is 319. The summed E-state index contributed by atoms with van der Waals surface area (Å²) < 4.78 is 18.6. The third kappa shape index (κ3) is 9.14. The molecule has 0 aliphatic carbocycles. The van der Waals surface area contributed by atoms with Gasteiger partial charge < -0.3 is 0 Å². The van der Waals surface area contributed by atoms with Gasteiger partial charge in [0, 0.05) is 0 Å². The fourth-order valence-corrected chi connectivity index (χ4v) is 53.9. The minimum absolute atomic E-state index is 0.857. The summed E-state index contributed by atoms with van der Waals surface area (Å²) in [6.07, 6.45) is 17.3. The average Bonchev–Trinajstić information content (AvgIpc) is 3.55. The van der Waals surface area contributed by atoms with E-state index in [9.17, 15) is 0 Å². The molecule has 3 heteroatoms. The maximum atomic E-state index is 7.02. The molecule has 0 saturated carbocycles. The van der Waals surface area contributed by atoms with Crippen LogP contribution in [0.1, 0.15) is 119 Å². The zero-order valence-corrected chi connectivity index (χ0v) is 27.0. The third-order valence-electron chi connectivity index (χ3n) is 7.87. The number of hydrogen-bond acceptors (Lipinski definition) is 1. The number of ether oxygens (including phenoxy) is 1. The molecule has 2 atom stereocenters. The van der Waals surface area contributed by atoms with E-state index in [0.29, 0.717) is 0 Å². The molecule has 0 unspecified atom stereocenters. The van der Waals surface area contributed by atoms with Gasteiger partial charge in [-0.15, -0.1) is 0 Å². The Morgan fingerprint density at radius 3 is 0.793 bits per heavy atom. The third-order valence-corrected chi connectivity index (χ3v) is 43.1. The summed E-state index contributed by atoms with van der Waals surface area (Å²) in [5.74, 6) is 0. The maximum absolute atomic E-state index is 7.02. The van der Waals surface area contributed by atoms with Crippen molar-refractivity contribution in [1.29, 1.82) is 0 Å². The molecule has 0 N–H and O–H groups in total. The Kier molecular flexibility index (Phi) is 16.0. The van der Waals surface area contributed by atoms with Gasteiger partial charge in [0.1, 0.15) is 0 Å². The van der Waals surface area contributed by atoms with Crippen molar-refractivity contribution in [2.75, 3.05) is 0 Å². The number of hydrogen-bond donors (Lipinski definition) is 0. The van der Waals surface area contributed by atoms with Gasteiger partial charge in [0.25, 0.3) is 0 Å². The van der Waals surface area contributed by atoms with E-state index in [0.717, 1.165) is 8.24 Å². The van der Waals surface area contributed by atoms with Crippen molar-refractivity contribution < 1.29 is 4.74 Å². The van der Waals surface area contributed by atoms with E-state index in [1.807, 2.05) is 0 Å². The summed E-state index contributed by atoms with van der Waals surface area (Å²) in [5.41, 5.74) is 0. The predicted octanol–water partition coefficient (Wildman–Crippen LogP) is 9.53. The van der Waals surface area contributed by atoms with Gasteiger partial charge in [-0.3, -0.25) is 0 Å². The molecule has 0 aromatic heterocycles. The van der Waals surface area contributed by atoms with E-state index in [-0.39, 0.29) is 0 Å². The molecule has 174 valence electrons. The van der Waals surface area contributed by atoms with Crippen LogP contribution in [0.25, 0.3) is 0 Å². The molecule has 1 rings (SSSR count). The summed E-state index contributed by atoms with van der Waals surface area (Å²) in [6.45, 7) is 14.5. The van der Waals surface area contributed by atoms with Crippen LogP contribution in [-0.4, -0.2) is 45.0 Å². The molecule has 0 bridgehead atoms. The first-order valence-electron chi connectivity index (χ1n) is 13.7. The molecule has 1 saturated heterocycles. The van der Waals surface area contributed by atoms with E-state index in [4.69, 9.17) is 4.74 Å². The average molecular weight is 622 g/mol. The summed E-state index contributed by atoms with van der Waals surface area (Å²) >= 11 is -4.41. The zero-order chi connectivity index (χ0) is 21.6. The fourth-order valence-electron chi connectivity index (χ4n) is 5.82. The molecule has 0 aromatic carbocycles. The van der Waals surface area contributed by atoms with Crippen molar-refractivity contribution in [3.05, 3.63) is 0 Å². The topological polar surface area (TPSA) is 12.5 Å². The molecule has 1 nitrogen and oxygen atoms in total. The zero-order valence-electron chi connectivity index (χ0n) is 21.3. The van der Waals surface area contributed by atoms with Crippen molar-refractivity contribution in [3.8, 4) is 0 Å². The van der Waals surface area contributed by atoms with Gasteiger partial charge in [-0.1, -0.05) is 0 Å². The van der Waals surface area contributed by atoms with E-state index < -0.39 is 36.8 Å². The standard InChI is InChI=1S/6C4H9.C2H2O.2Sn/c6*1-3-4-2;1-2-3-1;;/h6*1,3-4H2,2H3;1-2H;;. The first-order chi connectivity index (χ1) is 14.1. The van der Waals surface area contributed by atoms with Crippen molar-refractivity contribution >= 4 is 36.8 Å². The molecule has 1 aliphatic rings.